The van der Waals surface area contributed by atoms with Gasteiger partial charge in [-0.1, -0.05) is 29.8 Å². The van der Waals surface area contributed by atoms with Gasteiger partial charge in [0, 0.05) is 12.6 Å². The first-order valence-corrected chi connectivity index (χ1v) is 6.71. The topological polar surface area (TPSA) is 37.4 Å². The molecule has 0 bridgehead atoms. The van der Waals surface area contributed by atoms with Crippen LogP contribution in [-0.4, -0.2) is 25.3 Å². The fourth-order valence-corrected chi connectivity index (χ4v) is 3.33. The molecule has 0 saturated carbocycles. The van der Waals surface area contributed by atoms with Gasteiger partial charge in [-0.15, -0.1) is 0 Å². The second-order valence-corrected chi connectivity index (χ2v) is 5.95. The third-order valence-electron chi connectivity index (χ3n) is 2.78. The van der Waals surface area contributed by atoms with Crippen molar-refractivity contribution in [3.63, 3.8) is 0 Å². The highest BCUT2D eigenvalue weighted by Crippen LogP contribution is 2.21. The molecule has 1 aliphatic heterocycles. The Labute approximate surface area is 96.4 Å². The highest BCUT2D eigenvalue weighted by Gasteiger charge is 2.29. The summed E-state index contributed by atoms with van der Waals surface area (Å²) in [4.78, 5) is 0.369. The van der Waals surface area contributed by atoms with Crippen molar-refractivity contribution in [1.82, 2.24) is 4.31 Å². The summed E-state index contributed by atoms with van der Waals surface area (Å²) >= 11 is 0. The molecule has 0 aromatic heterocycles. The average molecular weight is 237 g/mol. The Morgan fingerprint density at radius 3 is 2.38 bits per heavy atom. The second-order valence-electron chi connectivity index (χ2n) is 4.06. The maximum atomic E-state index is 12.2. The van der Waals surface area contributed by atoms with Crippen molar-refractivity contribution >= 4 is 10.0 Å². The quantitative estimate of drug-likeness (QED) is 0.737. The molecule has 3 nitrogen and oxygen atoms in total. The lowest BCUT2D eigenvalue weighted by molar-refractivity contribution is 0.428. The summed E-state index contributed by atoms with van der Waals surface area (Å²) in [5.74, 6) is 0. The molecule has 0 N–H and O–H groups in total. The Kier molecular flexibility index (Phi) is 2.86. The molecule has 0 spiro atoms. The van der Waals surface area contributed by atoms with E-state index in [1.807, 2.05) is 38.1 Å². The van der Waals surface area contributed by atoms with E-state index in [9.17, 15) is 8.42 Å². The van der Waals surface area contributed by atoms with E-state index in [0.29, 0.717) is 11.4 Å². The van der Waals surface area contributed by atoms with Crippen LogP contribution in [0.3, 0.4) is 0 Å². The van der Waals surface area contributed by atoms with Crippen LogP contribution in [0.15, 0.2) is 41.3 Å². The first kappa shape index (κ1) is 11.4. The van der Waals surface area contributed by atoms with Crippen LogP contribution in [0, 0.1) is 6.92 Å². The van der Waals surface area contributed by atoms with Gasteiger partial charge in [-0.3, -0.25) is 0 Å². The van der Waals surface area contributed by atoms with E-state index < -0.39 is 10.0 Å². The predicted molar refractivity (Wildman–Crippen MR) is 63.7 cm³/mol. The van der Waals surface area contributed by atoms with Gasteiger partial charge in [0.1, 0.15) is 0 Å². The summed E-state index contributed by atoms with van der Waals surface area (Å²) in [6, 6.07) is 6.92. The van der Waals surface area contributed by atoms with Crippen LogP contribution in [0.25, 0.3) is 0 Å². The highest BCUT2D eigenvalue weighted by atomic mass is 32.2. The van der Waals surface area contributed by atoms with Crippen molar-refractivity contribution in [2.45, 2.75) is 24.8 Å². The number of benzene rings is 1. The molecule has 1 aromatic carbocycles. The molecular weight excluding hydrogens is 222 g/mol. The van der Waals surface area contributed by atoms with Gasteiger partial charge in [0.25, 0.3) is 0 Å². The first-order chi connectivity index (χ1) is 7.51. The fraction of sp³-hybridized carbons (Fsp3) is 0.333. The molecule has 2 rings (SSSR count). The van der Waals surface area contributed by atoms with Crippen LogP contribution in [0.2, 0.25) is 0 Å². The molecule has 1 aliphatic rings. The van der Waals surface area contributed by atoms with Gasteiger partial charge in [0.15, 0.2) is 0 Å². The maximum Gasteiger partial charge on any atom is 0.243 e. The highest BCUT2D eigenvalue weighted by molar-refractivity contribution is 7.89. The van der Waals surface area contributed by atoms with Crippen molar-refractivity contribution in [2.24, 2.45) is 0 Å². The molecule has 86 valence electrons. The number of rotatable bonds is 2. The number of hydrogen-bond acceptors (Lipinski definition) is 2. The molecule has 4 heteroatoms. The zero-order chi connectivity index (χ0) is 11.8. The van der Waals surface area contributed by atoms with E-state index in [1.54, 1.807) is 12.1 Å². The van der Waals surface area contributed by atoms with Crippen LogP contribution < -0.4 is 0 Å². The molecule has 1 atom stereocenters. The van der Waals surface area contributed by atoms with Gasteiger partial charge in [-0.05, 0) is 26.0 Å². The Hall–Kier alpha value is -1.13. The molecule has 1 heterocycles. The SMILES string of the molecule is Cc1ccc(S(=O)(=O)N2CC=CC2C)cc1. The van der Waals surface area contributed by atoms with Gasteiger partial charge in [-0.2, -0.15) is 4.31 Å². The van der Waals surface area contributed by atoms with E-state index in [1.165, 1.54) is 4.31 Å². The Morgan fingerprint density at radius 2 is 1.88 bits per heavy atom. The largest absolute Gasteiger partial charge is 0.243 e. The fourth-order valence-electron chi connectivity index (χ4n) is 1.79. The van der Waals surface area contributed by atoms with Crippen LogP contribution in [0.5, 0.6) is 0 Å². The monoisotopic (exact) mass is 237 g/mol. The number of hydrogen-bond donors (Lipinski definition) is 0. The van der Waals surface area contributed by atoms with E-state index >= 15 is 0 Å². The molecule has 0 saturated heterocycles. The molecule has 0 radical (unpaired) electrons. The summed E-state index contributed by atoms with van der Waals surface area (Å²) in [6.07, 6.45) is 3.79. The normalized spacial score (nSPS) is 21.5. The lowest BCUT2D eigenvalue weighted by Crippen LogP contribution is -2.34. The van der Waals surface area contributed by atoms with Crippen LogP contribution >= 0.6 is 0 Å². The molecule has 0 amide bonds. The molecule has 0 aliphatic carbocycles. The van der Waals surface area contributed by atoms with Crippen molar-refractivity contribution < 1.29 is 8.42 Å². The minimum Gasteiger partial charge on any atom is -0.207 e. The van der Waals surface area contributed by atoms with Crippen molar-refractivity contribution in [3.05, 3.63) is 42.0 Å². The van der Waals surface area contributed by atoms with Crippen molar-refractivity contribution in [2.75, 3.05) is 6.54 Å². The standard InChI is InChI=1S/C12H15NO2S/c1-10-5-7-12(8-6-10)16(14,15)13-9-3-4-11(13)2/h3-8,11H,9H2,1-2H3. The Balaban J connectivity index is 2.36. The lowest BCUT2D eigenvalue weighted by Gasteiger charge is -2.20. The molecule has 0 fully saturated rings. The third-order valence-corrected chi connectivity index (χ3v) is 4.75. The predicted octanol–water partition coefficient (Wildman–Crippen LogP) is 1.94. The molecular formula is C12H15NO2S. The summed E-state index contributed by atoms with van der Waals surface area (Å²) < 4.78 is 26.0. The van der Waals surface area contributed by atoms with Gasteiger partial charge < -0.3 is 0 Å². The molecule has 16 heavy (non-hydrogen) atoms. The molecule has 1 unspecified atom stereocenters. The first-order valence-electron chi connectivity index (χ1n) is 5.27. The number of sulfonamides is 1. The average Bonchev–Trinajstić information content (AvgIpc) is 2.66. The maximum absolute atomic E-state index is 12.2. The summed E-state index contributed by atoms with van der Waals surface area (Å²) in [6.45, 7) is 4.29. The summed E-state index contributed by atoms with van der Waals surface area (Å²) in [5, 5.41) is 0. The van der Waals surface area contributed by atoms with Gasteiger partial charge >= 0.3 is 0 Å². The van der Waals surface area contributed by atoms with Gasteiger partial charge in [-0.25, -0.2) is 8.42 Å². The van der Waals surface area contributed by atoms with Gasteiger partial charge in [0.2, 0.25) is 10.0 Å². The second kappa shape index (κ2) is 4.03. The van der Waals surface area contributed by atoms with E-state index in [2.05, 4.69) is 0 Å². The van der Waals surface area contributed by atoms with Crippen LogP contribution in [0.1, 0.15) is 12.5 Å². The summed E-state index contributed by atoms with van der Waals surface area (Å²) in [7, 11) is -3.33. The number of aryl methyl sites for hydroxylation is 1. The van der Waals surface area contributed by atoms with E-state index in [0.717, 1.165) is 5.56 Å². The summed E-state index contributed by atoms with van der Waals surface area (Å²) in [5.41, 5.74) is 1.06. The van der Waals surface area contributed by atoms with E-state index in [4.69, 9.17) is 0 Å². The smallest absolute Gasteiger partial charge is 0.207 e. The van der Waals surface area contributed by atoms with Crippen LogP contribution in [0.4, 0.5) is 0 Å². The Morgan fingerprint density at radius 1 is 1.25 bits per heavy atom. The lowest BCUT2D eigenvalue weighted by atomic mass is 10.2. The zero-order valence-electron chi connectivity index (χ0n) is 9.42. The third kappa shape index (κ3) is 1.90. The molecule has 1 aromatic rings. The number of nitrogens with zero attached hydrogens (tertiary/aromatic N) is 1. The van der Waals surface area contributed by atoms with Crippen LogP contribution in [-0.2, 0) is 10.0 Å². The van der Waals surface area contributed by atoms with Gasteiger partial charge in [0.05, 0.1) is 4.90 Å². The van der Waals surface area contributed by atoms with Crippen molar-refractivity contribution in [1.29, 1.82) is 0 Å². The van der Waals surface area contributed by atoms with Crippen molar-refractivity contribution in [3.8, 4) is 0 Å². The zero-order valence-corrected chi connectivity index (χ0v) is 10.2. The minimum atomic E-state index is -3.33. The Bertz CT molecular complexity index is 502. The minimum absolute atomic E-state index is 0.0497. The van der Waals surface area contributed by atoms with E-state index in [-0.39, 0.29) is 6.04 Å².